The molecule has 1 aliphatic heterocycles. The maximum absolute atomic E-state index is 12.9. The Morgan fingerprint density at radius 3 is 2.90 bits per heavy atom. The van der Waals surface area contributed by atoms with Crippen molar-refractivity contribution in [1.82, 2.24) is 14.9 Å². The number of anilines is 1. The number of fused-ring (bicyclic) bond motifs is 4. The van der Waals surface area contributed by atoms with E-state index in [0.29, 0.717) is 28.6 Å². The molecular weight excluding hydrogens is 400 g/mol. The lowest BCUT2D eigenvalue weighted by atomic mass is 9.75. The van der Waals surface area contributed by atoms with E-state index in [0.717, 1.165) is 30.2 Å². The molecule has 0 saturated heterocycles. The number of ketones is 1. The lowest BCUT2D eigenvalue weighted by Gasteiger charge is -2.47. The third kappa shape index (κ3) is 2.95. The predicted molar refractivity (Wildman–Crippen MR) is 115 cm³/mol. The third-order valence-corrected chi connectivity index (χ3v) is 6.84. The molecule has 5 rings (SSSR count). The third-order valence-electron chi connectivity index (χ3n) is 6.00. The van der Waals surface area contributed by atoms with Gasteiger partial charge in [-0.1, -0.05) is 18.7 Å². The second-order valence-corrected chi connectivity index (χ2v) is 8.76. The molecule has 3 heterocycles. The second kappa shape index (κ2) is 6.91. The maximum atomic E-state index is 12.9. The average molecular weight is 420 g/mol. The van der Waals surface area contributed by atoms with Crippen LogP contribution in [0.4, 0.5) is 5.82 Å². The molecule has 0 bridgehead atoms. The molecule has 2 amide bonds. The smallest absolute Gasteiger partial charge is 0.268 e. The highest BCUT2D eigenvalue weighted by Crippen LogP contribution is 2.44. The van der Waals surface area contributed by atoms with Crippen molar-refractivity contribution in [1.29, 1.82) is 0 Å². The van der Waals surface area contributed by atoms with Gasteiger partial charge in [0.25, 0.3) is 5.91 Å². The van der Waals surface area contributed by atoms with Crippen LogP contribution >= 0.6 is 11.3 Å². The lowest BCUT2D eigenvalue weighted by molar-refractivity contribution is -0.111. The molecule has 3 aromatic rings. The van der Waals surface area contributed by atoms with Gasteiger partial charge < -0.3 is 15.2 Å². The van der Waals surface area contributed by atoms with Crippen LogP contribution in [0, 0.1) is 0 Å². The lowest BCUT2D eigenvalue weighted by Crippen LogP contribution is -2.55. The van der Waals surface area contributed by atoms with E-state index in [-0.39, 0.29) is 29.6 Å². The average Bonchev–Trinajstić information content (AvgIpc) is 3.31. The molecule has 2 aliphatic rings. The zero-order valence-electron chi connectivity index (χ0n) is 16.2. The first-order valence-corrected chi connectivity index (χ1v) is 10.7. The molecule has 1 saturated carbocycles. The van der Waals surface area contributed by atoms with E-state index in [4.69, 9.17) is 0 Å². The first kappa shape index (κ1) is 18.7. The summed E-state index contributed by atoms with van der Waals surface area (Å²) < 4.78 is 2.15. The van der Waals surface area contributed by atoms with Gasteiger partial charge in [-0.15, -0.1) is 11.3 Å². The number of nitrogens with zero attached hydrogens (tertiary/aromatic N) is 2. The molecule has 2 N–H and O–H groups in total. The highest BCUT2D eigenvalue weighted by Gasteiger charge is 2.44. The van der Waals surface area contributed by atoms with E-state index >= 15 is 0 Å². The molecule has 1 aromatic carbocycles. The number of benzene rings is 1. The molecule has 0 atom stereocenters. The minimum Gasteiger partial charge on any atom is -0.348 e. The largest absolute Gasteiger partial charge is 0.348 e. The summed E-state index contributed by atoms with van der Waals surface area (Å²) in [5, 5.41) is 8.91. The molecular formula is C22H20N4O3S. The Morgan fingerprint density at radius 2 is 2.17 bits per heavy atom. The van der Waals surface area contributed by atoms with E-state index in [2.05, 4.69) is 26.8 Å². The van der Waals surface area contributed by atoms with Crippen LogP contribution in [-0.2, 0) is 16.8 Å². The van der Waals surface area contributed by atoms with E-state index < -0.39 is 0 Å². The number of carbonyl (C=O) groups is 3. The summed E-state index contributed by atoms with van der Waals surface area (Å²) in [6.07, 6.45) is 4.52. The topological polar surface area (TPSA) is 93.1 Å². The Labute approximate surface area is 176 Å². The van der Waals surface area contributed by atoms with E-state index in [1.54, 1.807) is 11.4 Å². The quantitative estimate of drug-likeness (QED) is 0.489. The van der Waals surface area contributed by atoms with Gasteiger partial charge in [-0.05, 0) is 37.5 Å². The first-order chi connectivity index (χ1) is 14.5. The van der Waals surface area contributed by atoms with Gasteiger partial charge in [0.2, 0.25) is 5.91 Å². The van der Waals surface area contributed by atoms with Crippen LogP contribution in [0.5, 0.6) is 0 Å². The Kier molecular flexibility index (Phi) is 4.32. The molecule has 0 unspecified atom stereocenters. The van der Waals surface area contributed by atoms with Crippen LogP contribution in [0.25, 0.3) is 10.9 Å². The second-order valence-electron chi connectivity index (χ2n) is 7.82. The summed E-state index contributed by atoms with van der Waals surface area (Å²) >= 11 is 1.33. The van der Waals surface area contributed by atoms with Crippen LogP contribution in [0.3, 0.4) is 0 Å². The van der Waals surface area contributed by atoms with Crippen LogP contribution < -0.4 is 10.6 Å². The van der Waals surface area contributed by atoms with Crippen LogP contribution in [0.1, 0.15) is 45.1 Å². The summed E-state index contributed by atoms with van der Waals surface area (Å²) in [7, 11) is 0. The van der Waals surface area contributed by atoms with Crippen molar-refractivity contribution in [2.75, 3.05) is 11.9 Å². The zero-order chi connectivity index (χ0) is 20.9. The van der Waals surface area contributed by atoms with Gasteiger partial charge in [0, 0.05) is 28.4 Å². The highest BCUT2D eigenvalue weighted by molar-refractivity contribution is 7.10. The van der Waals surface area contributed by atoms with Crippen LogP contribution in [-0.4, -0.2) is 33.7 Å². The monoisotopic (exact) mass is 420 g/mol. The summed E-state index contributed by atoms with van der Waals surface area (Å²) in [5.41, 5.74) is 2.13. The number of aromatic nitrogens is 2. The minimum absolute atomic E-state index is 0.0497. The van der Waals surface area contributed by atoms with Gasteiger partial charge >= 0.3 is 0 Å². The van der Waals surface area contributed by atoms with Crippen molar-refractivity contribution in [3.05, 3.63) is 58.6 Å². The van der Waals surface area contributed by atoms with Crippen molar-refractivity contribution >= 4 is 45.7 Å². The fourth-order valence-corrected chi connectivity index (χ4v) is 5.04. The van der Waals surface area contributed by atoms with Crippen molar-refractivity contribution < 1.29 is 14.4 Å². The SMILES string of the molecule is C=CC(=O)Nc1csc(CC(=O)c2ccc3cc4n(c3c2)C2(CCC2)CNC4=O)n1. The molecule has 0 radical (unpaired) electrons. The molecule has 8 heteroatoms. The van der Waals surface area contributed by atoms with E-state index in [1.807, 2.05) is 18.2 Å². The Morgan fingerprint density at radius 1 is 1.33 bits per heavy atom. The number of hydrogen-bond acceptors (Lipinski definition) is 5. The predicted octanol–water partition coefficient (Wildman–Crippen LogP) is 3.27. The van der Waals surface area contributed by atoms with Crippen molar-refractivity contribution in [2.45, 2.75) is 31.2 Å². The first-order valence-electron chi connectivity index (χ1n) is 9.84. The van der Waals surface area contributed by atoms with Crippen molar-refractivity contribution in [3.63, 3.8) is 0 Å². The number of hydrogen-bond donors (Lipinski definition) is 2. The number of Topliss-reactive ketones (excluding diaryl/α,β-unsaturated/α-hetero) is 1. The molecule has 30 heavy (non-hydrogen) atoms. The zero-order valence-corrected chi connectivity index (χ0v) is 17.1. The number of rotatable bonds is 5. The molecule has 2 aromatic heterocycles. The van der Waals surface area contributed by atoms with E-state index in [9.17, 15) is 14.4 Å². The van der Waals surface area contributed by atoms with Crippen LogP contribution in [0.2, 0.25) is 0 Å². The molecule has 7 nitrogen and oxygen atoms in total. The van der Waals surface area contributed by atoms with Crippen molar-refractivity contribution in [3.8, 4) is 0 Å². The molecule has 152 valence electrons. The fraction of sp³-hybridized carbons (Fsp3) is 0.273. The van der Waals surface area contributed by atoms with Crippen molar-refractivity contribution in [2.24, 2.45) is 0 Å². The standard InChI is InChI=1S/C22H20N4O3S/c1-2-19(28)24-18-11-30-20(25-18)10-17(27)14-5-4-13-8-16-21(29)23-12-22(6-3-7-22)26(16)15(13)9-14/h2,4-5,8-9,11H,1,3,6-7,10,12H2,(H,23,29)(H,24,28). The van der Waals surface area contributed by atoms with Crippen LogP contribution in [0.15, 0.2) is 42.3 Å². The normalized spacial score (nSPS) is 16.6. The number of nitrogens with one attached hydrogen (secondary N) is 2. The van der Waals surface area contributed by atoms with Gasteiger partial charge in [0.1, 0.15) is 16.5 Å². The number of amides is 2. The highest BCUT2D eigenvalue weighted by atomic mass is 32.1. The number of thiazole rings is 1. The van der Waals surface area contributed by atoms with E-state index in [1.165, 1.54) is 17.4 Å². The summed E-state index contributed by atoms with van der Waals surface area (Å²) in [4.78, 5) is 41.0. The van der Waals surface area contributed by atoms with Gasteiger partial charge in [-0.25, -0.2) is 4.98 Å². The fourth-order valence-electron chi connectivity index (χ4n) is 4.32. The van der Waals surface area contributed by atoms with Gasteiger partial charge in [-0.2, -0.15) is 0 Å². The summed E-state index contributed by atoms with van der Waals surface area (Å²) in [6, 6.07) is 7.52. The Balaban J connectivity index is 1.45. The summed E-state index contributed by atoms with van der Waals surface area (Å²) in [5.74, 6) is -0.0304. The Hall–Kier alpha value is -3.26. The maximum Gasteiger partial charge on any atom is 0.268 e. The molecule has 1 fully saturated rings. The van der Waals surface area contributed by atoms with Gasteiger partial charge in [-0.3, -0.25) is 14.4 Å². The molecule has 1 spiro atoms. The summed E-state index contributed by atoms with van der Waals surface area (Å²) in [6.45, 7) is 4.05. The minimum atomic E-state index is -0.337. The number of carbonyl (C=O) groups excluding carboxylic acids is 3. The van der Waals surface area contributed by atoms with Gasteiger partial charge in [0.15, 0.2) is 5.78 Å². The Bertz CT molecular complexity index is 1220. The van der Waals surface area contributed by atoms with Gasteiger partial charge in [0.05, 0.1) is 12.0 Å². The molecule has 1 aliphatic carbocycles.